The number of hydrogen-bond acceptors (Lipinski definition) is 0. The van der Waals surface area contributed by atoms with Gasteiger partial charge >= 0.3 is 41.9 Å². The van der Waals surface area contributed by atoms with Crippen LogP contribution in [-0.4, -0.2) is 5.43 Å². The zero-order valence-corrected chi connectivity index (χ0v) is 22.9. The van der Waals surface area contributed by atoms with Crippen molar-refractivity contribution in [3.8, 4) is 0 Å². The summed E-state index contributed by atoms with van der Waals surface area (Å²) in [6.07, 6.45) is 1.13. The molecule has 0 atom stereocenters. The third kappa shape index (κ3) is 9.35. The molecule has 154 valence electrons. The second kappa shape index (κ2) is 14.4. The van der Waals surface area contributed by atoms with Crippen molar-refractivity contribution in [3.05, 3.63) is 83.9 Å². The molecule has 4 rings (SSSR count). The van der Waals surface area contributed by atoms with Crippen molar-refractivity contribution in [1.29, 1.82) is 0 Å². The topological polar surface area (TPSA) is 0 Å². The van der Waals surface area contributed by atoms with Gasteiger partial charge in [0.15, 0.2) is 0 Å². The molecule has 0 amide bonds. The van der Waals surface area contributed by atoms with E-state index in [9.17, 15) is 0 Å². The molecular weight excluding hydrogens is 490 g/mol. The van der Waals surface area contributed by atoms with Crippen molar-refractivity contribution in [1.82, 2.24) is 0 Å². The first kappa shape index (κ1) is 28.3. The van der Waals surface area contributed by atoms with Crippen molar-refractivity contribution in [2.75, 3.05) is 0 Å². The molecular formula is C25H30Cl2SiZr-2. The first-order valence-electron chi connectivity index (χ1n) is 9.72. The van der Waals surface area contributed by atoms with Crippen LogP contribution in [0.25, 0.3) is 21.5 Å². The predicted octanol–water partition coefficient (Wildman–Crippen LogP) is 1.60. The molecule has 0 aliphatic carbocycles. The van der Waals surface area contributed by atoms with Crippen LogP contribution in [0.4, 0.5) is 0 Å². The Morgan fingerprint density at radius 2 is 1.28 bits per heavy atom. The molecule has 0 aliphatic rings. The zero-order chi connectivity index (χ0) is 19.8. The van der Waals surface area contributed by atoms with E-state index in [2.05, 4.69) is 107 Å². The van der Waals surface area contributed by atoms with Crippen molar-refractivity contribution in [3.63, 3.8) is 0 Å². The van der Waals surface area contributed by atoms with Gasteiger partial charge in [0.1, 0.15) is 0 Å². The number of aryl methyl sites for hydroxylation is 1. The van der Waals surface area contributed by atoms with Crippen LogP contribution < -0.4 is 24.8 Å². The van der Waals surface area contributed by atoms with Crippen LogP contribution in [0.5, 0.6) is 0 Å². The average Bonchev–Trinajstić information content (AvgIpc) is 3.25. The second-order valence-corrected chi connectivity index (χ2v) is 16.8. The monoisotopic (exact) mass is 518 g/mol. The fourth-order valence-corrected chi connectivity index (χ4v) is 2.93. The standard InChI is InChI=1S/C12H13.C11H11.C2H6Si.2ClH.Zr/c1-9(2)12-7-10-5-3-4-6-11(10)8-12;1-2-9-7-10-5-3-4-6-11(10)8-9;1-3-2;;;/h3-9H,1-2H3;3-8H,2H2,1H3;1-2H3;2*1H;/q2*-1;;;;+2/p-2. The first-order chi connectivity index (χ1) is 12.9. The van der Waals surface area contributed by atoms with Gasteiger partial charge in [0, 0.05) is 0 Å². The van der Waals surface area contributed by atoms with Crippen molar-refractivity contribution < 1.29 is 48.1 Å². The molecule has 0 N–H and O–H groups in total. The Balaban J connectivity index is 0.000000434. The zero-order valence-electron chi connectivity index (χ0n) is 18.0. The normalized spacial score (nSPS) is 9.66. The summed E-state index contributed by atoms with van der Waals surface area (Å²) in [6.45, 7) is 11.3. The summed E-state index contributed by atoms with van der Waals surface area (Å²) in [5, 5.41) is 5.45. The second-order valence-electron chi connectivity index (χ2n) is 7.42. The molecule has 4 aromatic rings. The van der Waals surface area contributed by atoms with Crippen LogP contribution in [-0.2, 0) is 29.8 Å². The van der Waals surface area contributed by atoms with Crippen LogP contribution in [0, 0.1) is 0 Å². The van der Waals surface area contributed by atoms with Gasteiger partial charge in [-0.1, -0.05) is 32.9 Å². The maximum Gasteiger partial charge on any atom is -1.00 e. The van der Waals surface area contributed by atoms with Crippen LogP contribution in [0.1, 0.15) is 37.8 Å². The third-order valence-electron chi connectivity index (χ3n) is 4.39. The molecule has 0 spiro atoms. The van der Waals surface area contributed by atoms with E-state index in [0.29, 0.717) is 5.92 Å². The molecule has 0 heterocycles. The van der Waals surface area contributed by atoms with E-state index in [1.165, 1.54) is 32.7 Å². The van der Waals surface area contributed by atoms with Gasteiger partial charge in [-0.15, -0.1) is 81.2 Å². The van der Waals surface area contributed by atoms with Crippen LogP contribution in [0.3, 0.4) is 0 Å². The van der Waals surface area contributed by atoms with E-state index in [1.54, 1.807) is 23.3 Å². The smallest absolute Gasteiger partial charge is 1.00 e. The van der Waals surface area contributed by atoms with Crippen LogP contribution in [0.2, 0.25) is 13.1 Å². The van der Waals surface area contributed by atoms with E-state index < -0.39 is 0 Å². The summed E-state index contributed by atoms with van der Waals surface area (Å²) in [6, 6.07) is 26.1. The van der Waals surface area contributed by atoms with E-state index in [-0.39, 0.29) is 30.2 Å². The average molecular weight is 521 g/mol. The Morgan fingerprint density at radius 3 is 1.69 bits per heavy atom. The van der Waals surface area contributed by atoms with Crippen molar-refractivity contribution >= 4 is 27.0 Å². The van der Waals surface area contributed by atoms with Crippen LogP contribution >= 0.6 is 0 Å². The molecule has 0 nitrogen and oxygen atoms in total. The molecule has 0 aliphatic heterocycles. The molecule has 0 fully saturated rings. The van der Waals surface area contributed by atoms with Crippen molar-refractivity contribution in [2.45, 2.75) is 46.2 Å². The Kier molecular flexibility index (Phi) is 14.0. The van der Waals surface area contributed by atoms with Gasteiger partial charge in [-0.05, 0) is 12.3 Å². The molecule has 4 heteroatoms. The molecule has 0 bridgehead atoms. The van der Waals surface area contributed by atoms with Crippen LogP contribution in [0.15, 0.2) is 72.8 Å². The summed E-state index contributed by atoms with van der Waals surface area (Å²) in [5.74, 6) is 0.636. The third-order valence-corrected chi connectivity index (χ3v) is 4.39. The minimum absolute atomic E-state index is 0. The minimum atomic E-state index is 0. The molecule has 0 aromatic heterocycles. The quantitative estimate of drug-likeness (QED) is 0.278. The number of hydrogen-bond donors (Lipinski definition) is 0. The summed E-state index contributed by atoms with van der Waals surface area (Å²) in [4.78, 5) is 0. The fraction of sp³-hybridized carbons (Fsp3) is 0.280. The van der Waals surface area contributed by atoms with E-state index in [1.807, 2.05) is 0 Å². The molecule has 29 heavy (non-hydrogen) atoms. The van der Waals surface area contributed by atoms with Gasteiger partial charge < -0.3 is 24.8 Å². The summed E-state index contributed by atoms with van der Waals surface area (Å²) >= 11 is 1.74. The molecule has 0 unspecified atom stereocenters. The Morgan fingerprint density at radius 1 is 0.828 bits per heavy atom. The van der Waals surface area contributed by atoms with Gasteiger partial charge in [-0.3, -0.25) is 0 Å². The number of rotatable bonds is 2. The summed E-state index contributed by atoms with van der Waals surface area (Å²) < 4.78 is 0. The largest absolute Gasteiger partial charge is 1.00 e. The molecule has 4 aromatic carbocycles. The van der Waals surface area contributed by atoms with Crippen molar-refractivity contribution in [2.24, 2.45) is 0 Å². The first-order valence-corrected chi connectivity index (χ1v) is 15.9. The predicted molar refractivity (Wildman–Crippen MR) is 120 cm³/mol. The fourth-order valence-electron chi connectivity index (χ4n) is 2.93. The van der Waals surface area contributed by atoms with Gasteiger partial charge in [0.25, 0.3) is 0 Å². The number of fused-ring (bicyclic) bond motifs is 2. The maximum absolute atomic E-state index is 2.31. The molecule has 0 saturated heterocycles. The Hall–Kier alpha value is -0.660. The molecule has 0 radical (unpaired) electrons. The Bertz CT molecular complexity index is 928. The molecule has 0 saturated carbocycles. The number of benzene rings is 2. The van der Waals surface area contributed by atoms with Gasteiger partial charge in [0.2, 0.25) is 0 Å². The van der Waals surface area contributed by atoms with Gasteiger partial charge in [-0.25, -0.2) is 0 Å². The SMILES string of the molecule is CC(C)c1cc2ccccc2[cH-]1.CCc1cc2ccccc2[cH-]1.C[Si](C)=[Zr+2].[Cl-].[Cl-]. The van der Waals surface area contributed by atoms with Gasteiger partial charge in [0.05, 0.1) is 0 Å². The van der Waals surface area contributed by atoms with E-state index in [0.717, 1.165) is 6.42 Å². The Labute approximate surface area is 204 Å². The van der Waals surface area contributed by atoms with Gasteiger partial charge in [-0.2, -0.15) is 12.1 Å². The minimum Gasteiger partial charge on any atom is -1.00 e. The summed E-state index contributed by atoms with van der Waals surface area (Å²) in [7, 11) is 0. The van der Waals surface area contributed by atoms with E-state index in [4.69, 9.17) is 0 Å². The van der Waals surface area contributed by atoms with E-state index >= 15 is 0 Å². The summed E-state index contributed by atoms with van der Waals surface area (Å²) in [5.41, 5.74) is 3.09. The number of halogens is 2. The maximum atomic E-state index is 2.31.